The fourth-order valence-electron chi connectivity index (χ4n) is 0.905. The molecule has 1 aromatic heterocycles. The van der Waals surface area contributed by atoms with Crippen LogP contribution in [0.5, 0.6) is 5.75 Å². The van der Waals surface area contributed by atoms with Gasteiger partial charge in [0.05, 0.1) is 13.3 Å². The van der Waals surface area contributed by atoms with E-state index in [1.54, 1.807) is 0 Å². The summed E-state index contributed by atoms with van der Waals surface area (Å²) >= 11 is 5.49. The number of methoxy groups -OCH3 is 1. The molecule has 0 amide bonds. The van der Waals surface area contributed by atoms with Gasteiger partial charge < -0.3 is 19.8 Å². The van der Waals surface area contributed by atoms with Gasteiger partial charge in [0.1, 0.15) is 10.9 Å². The summed E-state index contributed by atoms with van der Waals surface area (Å²) in [7, 11) is 1.32. The van der Waals surface area contributed by atoms with Crippen LogP contribution in [0, 0.1) is 0 Å². The van der Waals surface area contributed by atoms with Gasteiger partial charge in [-0.3, -0.25) is 0 Å². The molecular weight excluding hydrogens is 203 g/mol. The van der Waals surface area contributed by atoms with Crippen LogP contribution in [-0.2, 0) is 0 Å². The van der Waals surface area contributed by atoms with Crippen molar-refractivity contribution in [2.24, 2.45) is 0 Å². The number of nitrogens with zero attached hydrogens (tertiary/aromatic N) is 1. The second-order valence-electron chi connectivity index (χ2n) is 2.48. The minimum Gasteiger partial charge on any atom is -0.556 e. The number of hydrogen-bond donors (Lipinski definition) is 3. The summed E-state index contributed by atoms with van der Waals surface area (Å²) in [6, 6.07) is 1.13. The summed E-state index contributed by atoms with van der Waals surface area (Å²) in [5, 5.41) is 26.8. The van der Waals surface area contributed by atoms with Crippen molar-refractivity contribution in [2.45, 2.75) is 0 Å². The Balaban J connectivity index is 0.00000169. The molecule has 72 valence electrons. The first kappa shape index (κ1) is 13.8. The maximum Gasteiger partial charge on any atom is 1.00 e. The van der Waals surface area contributed by atoms with Gasteiger partial charge in [0.15, 0.2) is 0 Å². The molecule has 1 rings (SSSR count). The zero-order valence-electron chi connectivity index (χ0n) is 7.81. The second-order valence-corrected chi connectivity index (χ2v) is 2.87. The van der Waals surface area contributed by atoms with Gasteiger partial charge >= 0.3 is 25.6 Å². The summed E-state index contributed by atoms with van der Waals surface area (Å²) in [6.45, 7) is -3.61. The number of hydrogen-bond acceptors (Lipinski definition) is 5. The zero-order chi connectivity index (χ0) is 10.1. The van der Waals surface area contributed by atoms with Crippen molar-refractivity contribution in [2.75, 3.05) is 7.11 Å². The Morgan fingerprint density at radius 1 is 1.43 bits per heavy atom. The molecule has 0 aliphatic carbocycles. The maximum atomic E-state index is 8.93. The molecule has 0 saturated heterocycles. The Bertz CT molecular complexity index is 319. The Kier molecular flexibility index (Phi) is 4.95. The molecule has 8 heteroatoms. The van der Waals surface area contributed by atoms with E-state index in [4.69, 9.17) is 31.4 Å². The SMILES string of the molecule is COc1cnc(Cl)cc1[B-](O)(O)O.[Li+]. The van der Waals surface area contributed by atoms with E-state index in [-0.39, 0.29) is 35.2 Å². The van der Waals surface area contributed by atoms with Crippen LogP contribution < -0.4 is 29.1 Å². The van der Waals surface area contributed by atoms with E-state index in [1.165, 1.54) is 13.3 Å². The Morgan fingerprint density at radius 2 is 2.00 bits per heavy atom. The number of pyridine rings is 1. The van der Waals surface area contributed by atoms with Gasteiger partial charge in [-0.1, -0.05) is 17.1 Å². The first-order valence-corrected chi connectivity index (χ1v) is 3.84. The van der Waals surface area contributed by atoms with E-state index in [0.717, 1.165) is 6.07 Å². The van der Waals surface area contributed by atoms with Crippen molar-refractivity contribution in [3.63, 3.8) is 0 Å². The third kappa shape index (κ3) is 3.17. The van der Waals surface area contributed by atoms with E-state index >= 15 is 0 Å². The average Bonchev–Trinajstić information content (AvgIpc) is 2.03. The van der Waals surface area contributed by atoms with Crippen LogP contribution in [0.2, 0.25) is 5.15 Å². The predicted molar refractivity (Wildman–Crippen MR) is 47.8 cm³/mol. The molecule has 0 saturated carbocycles. The Labute approximate surface area is 97.9 Å². The number of halogens is 1. The van der Waals surface area contributed by atoms with Crippen LogP contribution in [0.25, 0.3) is 0 Å². The molecule has 0 radical (unpaired) electrons. The third-order valence-electron chi connectivity index (χ3n) is 1.50. The van der Waals surface area contributed by atoms with E-state index in [1.807, 2.05) is 0 Å². The van der Waals surface area contributed by atoms with Crippen LogP contribution in [0.3, 0.4) is 0 Å². The second kappa shape index (κ2) is 5.03. The van der Waals surface area contributed by atoms with Gasteiger partial charge in [-0.15, -0.1) is 0 Å². The first-order chi connectivity index (χ1) is 5.95. The van der Waals surface area contributed by atoms with E-state index in [9.17, 15) is 0 Å². The average molecular weight is 211 g/mol. The molecule has 1 aromatic rings. The predicted octanol–water partition coefficient (Wildman–Crippen LogP) is -4.13. The summed E-state index contributed by atoms with van der Waals surface area (Å²) in [5.74, 6) is 0.0666. The minimum atomic E-state index is -3.61. The van der Waals surface area contributed by atoms with Crippen LogP contribution in [-0.4, -0.2) is 33.9 Å². The molecule has 0 aliphatic rings. The molecule has 0 aliphatic heterocycles. The largest absolute Gasteiger partial charge is 1.00 e. The number of ether oxygens (including phenoxy) is 1. The van der Waals surface area contributed by atoms with Crippen molar-refractivity contribution in [3.8, 4) is 5.75 Å². The molecule has 0 fully saturated rings. The number of rotatable bonds is 2. The summed E-state index contributed by atoms with van der Waals surface area (Å²) in [4.78, 5) is 3.64. The van der Waals surface area contributed by atoms with Gasteiger partial charge in [-0.25, -0.2) is 4.98 Å². The van der Waals surface area contributed by atoms with Crippen molar-refractivity contribution >= 4 is 23.8 Å². The molecule has 5 nitrogen and oxygen atoms in total. The molecule has 0 atom stereocenters. The van der Waals surface area contributed by atoms with Gasteiger partial charge in [0, 0.05) is 0 Å². The summed E-state index contributed by atoms with van der Waals surface area (Å²) < 4.78 is 4.74. The van der Waals surface area contributed by atoms with Gasteiger partial charge in [-0.05, 0) is 6.07 Å². The van der Waals surface area contributed by atoms with E-state index in [0.29, 0.717) is 0 Å². The van der Waals surface area contributed by atoms with Crippen molar-refractivity contribution in [1.29, 1.82) is 0 Å². The third-order valence-corrected chi connectivity index (χ3v) is 1.71. The number of aromatic nitrogens is 1. The Morgan fingerprint density at radius 3 is 2.43 bits per heavy atom. The standard InChI is InChI=1S/C6H8BClNO4.Li/c1-13-5-3-9-6(8)2-4(5)7(10,11)12;/h2-3,10-12H,1H3;/q-1;+1. The topological polar surface area (TPSA) is 82.8 Å². The fourth-order valence-corrected chi connectivity index (χ4v) is 1.07. The van der Waals surface area contributed by atoms with Gasteiger partial charge in [0.2, 0.25) is 0 Å². The Hall–Kier alpha value is -0.218. The zero-order valence-corrected chi connectivity index (χ0v) is 8.56. The van der Waals surface area contributed by atoms with Crippen LogP contribution in [0.1, 0.15) is 0 Å². The molecular formula is C6H8BClLiNO4. The molecule has 0 unspecified atom stereocenters. The van der Waals surface area contributed by atoms with E-state index < -0.39 is 6.75 Å². The van der Waals surface area contributed by atoms with Crippen molar-refractivity contribution in [3.05, 3.63) is 17.4 Å². The summed E-state index contributed by atoms with van der Waals surface area (Å²) in [5.41, 5.74) is -0.192. The monoisotopic (exact) mass is 211 g/mol. The van der Waals surface area contributed by atoms with Crippen LogP contribution in [0.4, 0.5) is 0 Å². The smallest absolute Gasteiger partial charge is 0.556 e. The van der Waals surface area contributed by atoms with Gasteiger partial charge in [0.25, 0.3) is 0 Å². The maximum absolute atomic E-state index is 8.93. The molecule has 1 heterocycles. The first-order valence-electron chi connectivity index (χ1n) is 3.46. The molecule has 0 bridgehead atoms. The molecule has 3 N–H and O–H groups in total. The normalized spacial score (nSPS) is 10.6. The van der Waals surface area contributed by atoms with Crippen molar-refractivity contribution < 1.29 is 38.7 Å². The fraction of sp³-hybridized carbons (Fsp3) is 0.167. The van der Waals surface area contributed by atoms with Crippen LogP contribution >= 0.6 is 11.6 Å². The van der Waals surface area contributed by atoms with E-state index in [2.05, 4.69) is 4.98 Å². The molecule has 0 aromatic carbocycles. The van der Waals surface area contributed by atoms with Crippen LogP contribution in [0.15, 0.2) is 12.3 Å². The van der Waals surface area contributed by atoms with Gasteiger partial charge in [-0.2, -0.15) is 0 Å². The van der Waals surface area contributed by atoms with Crippen molar-refractivity contribution in [1.82, 2.24) is 4.98 Å². The molecule has 0 spiro atoms. The summed E-state index contributed by atoms with van der Waals surface area (Å²) in [6.07, 6.45) is 1.19. The quantitative estimate of drug-likeness (QED) is 0.342. The molecule has 14 heavy (non-hydrogen) atoms. The minimum absolute atomic E-state index is 0.